The minimum atomic E-state index is -0.505. The van der Waals surface area contributed by atoms with Crippen molar-refractivity contribution in [2.75, 3.05) is 32.8 Å². The van der Waals surface area contributed by atoms with Crippen molar-refractivity contribution in [3.05, 3.63) is 0 Å². The average molecular weight is 280 g/mol. The van der Waals surface area contributed by atoms with Gasteiger partial charge >= 0.3 is 0 Å². The summed E-state index contributed by atoms with van der Waals surface area (Å²) >= 11 is 0. The average Bonchev–Trinajstić information content (AvgIpc) is 2.37. The lowest BCUT2D eigenvalue weighted by Crippen LogP contribution is -2.51. The molecule has 18 heavy (non-hydrogen) atoms. The molecule has 3 N–H and O–H groups in total. The fourth-order valence-corrected chi connectivity index (χ4v) is 1.58. The first-order valence-corrected chi connectivity index (χ1v) is 5.93. The van der Waals surface area contributed by atoms with Crippen LogP contribution in [-0.4, -0.2) is 55.6 Å². The van der Waals surface area contributed by atoms with Crippen LogP contribution >= 0.6 is 12.4 Å². The second kappa shape index (κ2) is 8.29. The van der Waals surface area contributed by atoms with Gasteiger partial charge in [-0.1, -0.05) is 6.92 Å². The van der Waals surface area contributed by atoms with Crippen molar-refractivity contribution in [2.24, 2.45) is 11.7 Å². The number of hydrogen-bond acceptors (Lipinski definition) is 4. The molecule has 106 valence electrons. The molecule has 0 radical (unpaired) electrons. The third-order valence-corrected chi connectivity index (χ3v) is 2.85. The van der Waals surface area contributed by atoms with E-state index in [-0.39, 0.29) is 36.7 Å². The van der Waals surface area contributed by atoms with Crippen LogP contribution in [-0.2, 0) is 14.3 Å². The van der Waals surface area contributed by atoms with Crippen molar-refractivity contribution in [2.45, 2.75) is 19.9 Å². The number of nitrogens with zero attached hydrogens (tertiary/aromatic N) is 1. The summed E-state index contributed by atoms with van der Waals surface area (Å²) in [5.74, 6) is -0.512. The molecule has 0 aromatic rings. The maximum absolute atomic E-state index is 12.0. The number of nitrogens with two attached hydrogens (primary N) is 1. The van der Waals surface area contributed by atoms with E-state index in [9.17, 15) is 9.59 Å². The van der Waals surface area contributed by atoms with Crippen molar-refractivity contribution in [1.82, 2.24) is 10.2 Å². The summed E-state index contributed by atoms with van der Waals surface area (Å²) in [6.07, 6.45) is 0. The summed E-state index contributed by atoms with van der Waals surface area (Å²) in [7, 11) is 0. The van der Waals surface area contributed by atoms with Gasteiger partial charge in [-0.3, -0.25) is 9.59 Å². The number of nitrogens with one attached hydrogen (secondary N) is 1. The topological polar surface area (TPSA) is 84.7 Å². The Morgan fingerprint density at radius 1 is 1.33 bits per heavy atom. The second-order valence-corrected chi connectivity index (χ2v) is 4.30. The number of carbonyl (C=O) groups excluding carboxylic acids is 2. The van der Waals surface area contributed by atoms with Crippen LogP contribution in [0, 0.1) is 5.92 Å². The summed E-state index contributed by atoms with van der Waals surface area (Å²) in [4.78, 5) is 25.3. The summed E-state index contributed by atoms with van der Waals surface area (Å²) in [5.41, 5.74) is 5.39. The summed E-state index contributed by atoms with van der Waals surface area (Å²) in [6, 6.07) is -0.505. The molecule has 2 unspecified atom stereocenters. The lowest BCUT2D eigenvalue weighted by atomic mass is 10.1. The van der Waals surface area contributed by atoms with Crippen molar-refractivity contribution in [3.8, 4) is 0 Å². The van der Waals surface area contributed by atoms with Crippen LogP contribution in [0.4, 0.5) is 0 Å². The number of amides is 2. The van der Waals surface area contributed by atoms with Crippen molar-refractivity contribution in [3.63, 3.8) is 0 Å². The highest BCUT2D eigenvalue weighted by Gasteiger charge is 2.24. The van der Waals surface area contributed by atoms with Gasteiger partial charge in [0.25, 0.3) is 0 Å². The Bertz CT molecular complexity index is 283. The standard InChI is InChI=1S/C11H21N3O3.ClH/c1-8(7-12)10(15)13-9(2)11(16)14-3-5-17-6-4-14;/h8-9H,3-7,12H2,1-2H3,(H,13,15);1H. The highest BCUT2D eigenvalue weighted by molar-refractivity contribution is 5.88. The van der Waals surface area contributed by atoms with E-state index in [1.54, 1.807) is 18.7 Å². The minimum absolute atomic E-state index is 0. The second-order valence-electron chi connectivity index (χ2n) is 4.30. The molecule has 0 aromatic heterocycles. The Morgan fingerprint density at radius 3 is 2.39 bits per heavy atom. The van der Waals surface area contributed by atoms with Gasteiger partial charge in [0.05, 0.1) is 13.2 Å². The molecule has 1 fully saturated rings. The molecule has 7 heteroatoms. The Kier molecular flexibility index (Phi) is 7.90. The van der Waals surface area contributed by atoms with Crippen LogP contribution in [0.25, 0.3) is 0 Å². The maximum Gasteiger partial charge on any atom is 0.245 e. The lowest BCUT2D eigenvalue weighted by molar-refractivity contribution is -0.140. The van der Waals surface area contributed by atoms with E-state index >= 15 is 0 Å². The Balaban J connectivity index is 0.00000289. The van der Waals surface area contributed by atoms with Gasteiger partial charge in [-0.15, -0.1) is 12.4 Å². The zero-order valence-corrected chi connectivity index (χ0v) is 11.7. The van der Waals surface area contributed by atoms with Gasteiger partial charge in [-0.25, -0.2) is 0 Å². The quantitative estimate of drug-likeness (QED) is 0.717. The maximum atomic E-state index is 12.0. The SMILES string of the molecule is CC(CN)C(=O)NC(C)C(=O)N1CCOCC1.Cl. The number of carbonyl (C=O) groups is 2. The monoisotopic (exact) mass is 279 g/mol. The molecule has 0 aromatic carbocycles. The minimum Gasteiger partial charge on any atom is -0.378 e. The third kappa shape index (κ3) is 4.80. The van der Waals surface area contributed by atoms with Crippen LogP contribution in [0.1, 0.15) is 13.8 Å². The molecule has 2 atom stereocenters. The first-order valence-electron chi connectivity index (χ1n) is 5.93. The fourth-order valence-electron chi connectivity index (χ4n) is 1.58. The molecule has 1 heterocycles. The van der Waals surface area contributed by atoms with E-state index in [1.165, 1.54) is 0 Å². The smallest absolute Gasteiger partial charge is 0.245 e. The molecule has 1 rings (SSSR count). The zero-order valence-electron chi connectivity index (χ0n) is 10.8. The van der Waals surface area contributed by atoms with E-state index in [1.807, 2.05) is 0 Å². The largest absolute Gasteiger partial charge is 0.378 e. The molecule has 2 amide bonds. The van der Waals surface area contributed by atoms with Crippen LogP contribution in [0.5, 0.6) is 0 Å². The highest BCUT2D eigenvalue weighted by Crippen LogP contribution is 2.01. The summed E-state index contributed by atoms with van der Waals surface area (Å²) in [6.45, 7) is 6.01. The van der Waals surface area contributed by atoms with Gasteiger partial charge in [0.2, 0.25) is 11.8 Å². The van der Waals surface area contributed by atoms with E-state index < -0.39 is 6.04 Å². The van der Waals surface area contributed by atoms with Crippen molar-refractivity contribution >= 4 is 24.2 Å². The van der Waals surface area contributed by atoms with Gasteiger partial charge in [0.15, 0.2) is 0 Å². The molecule has 0 spiro atoms. The molecule has 0 bridgehead atoms. The lowest BCUT2D eigenvalue weighted by Gasteiger charge is -2.29. The molecule has 1 aliphatic rings. The number of rotatable bonds is 4. The van der Waals surface area contributed by atoms with Gasteiger partial charge in [-0.2, -0.15) is 0 Å². The molecule has 1 saturated heterocycles. The van der Waals surface area contributed by atoms with Crippen LogP contribution < -0.4 is 11.1 Å². The molecule has 6 nitrogen and oxygen atoms in total. The summed E-state index contributed by atoms with van der Waals surface area (Å²) < 4.78 is 5.17. The van der Waals surface area contributed by atoms with E-state index in [0.29, 0.717) is 26.3 Å². The highest BCUT2D eigenvalue weighted by atomic mass is 35.5. The van der Waals surface area contributed by atoms with E-state index in [4.69, 9.17) is 10.5 Å². The first kappa shape index (κ1) is 17.2. The summed E-state index contributed by atoms with van der Waals surface area (Å²) in [5, 5.41) is 2.68. The third-order valence-electron chi connectivity index (χ3n) is 2.85. The predicted molar refractivity (Wildman–Crippen MR) is 70.5 cm³/mol. The Hall–Kier alpha value is -0.850. The van der Waals surface area contributed by atoms with E-state index in [0.717, 1.165) is 0 Å². The number of morpholine rings is 1. The molecular formula is C11H22ClN3O3. The number of halogens is 1. The molecular weight excluding hydrogens is 258 g/mol. The normalized spacial score (nSPS) is 18.5. The number of ether oxygens (including phenoxy) is 1. The zero-order chi connectivity index (χ0) is 12.8. The van der Waals surface area contributed by atoms with Gasteiger partial charge < -0.3 is 20.7 Å². The molecule has 0 aliphatic carbocycles. The first-order chi connectivity index (χ1) is 8.06. The van der Waals surface area contributed by atoms with Gasteiger partial charge in [-0.05, 0) is 6.92 Å². The van der Waals surface area contributed by atoms with Crippen LogP contribution in [0.15, 0.2) is 0 Å². The van der Waals surface area contributed by atoms with Crippen LogP contribution in [0.3, 0.4) is 0 Å². The molecule has 1 aliphatic heterocycles. The van der Waals surface area contributed by atoms with E-state index in [2.05, 4.69) is 5.32 Å². The van der Waals surface area contributed by atoms with Crippen LogP contribution in [0.2, 0.25) is 0 Å². The molecule has 0 saturated carbocycles. The van der Waals surface area contributed by atoms with Gasteiger partial charge in [0, 0.05) is 25.6 Å². The fraction of sp³-hybridized carbons (Fsp3) is 0.818. The van der Waals surface area contributed by atoms with Crippen molar-refractivity contribution < 1.29 is 14.3 Å². The Labute approximate surface area is 114 Å². The Morgan fingerprint density at radius 2 is 1.89 bits per heavy atom. The van der Waals surface area contributed by atoms with Gasteiger partial charge in [0.1, 0.15) is 6.04 Å². The number of hydrogen-bond donors (Lipinski definition) is 2. The predicted octanol–water partition coefficient (Wildman–Crippen LogP) is -0.633. The van der Waals surface area contributed by atoms with Crippen molar-refractivity contribution in [1.29, 1.82) is 0 Å².